The molecule has 2 aromatic heterocycles. The van der Waals surface area contributed by atoms with Crippen LogP contribution in [0.5, 0.6) is 0 Å². The summed E-state index contributed by atoms with van der Waals surface area (Å²) in [5, 5.41) is 1.15. The highest BCUT2D eigenvalue weighted by molar-refractivity contribution is 6.03. The van der Waals surface area contributed by atoms with Gasteiger partial charge in [-0.05, 0) is 24.3 Å². The predicted molar refractivity (Wildman–Crippen MR) is 70.3 cm³/mol. The second-order valence-corrected chi connectivity index (χ2v) is 4.37. The van der Waals surface area contributed by atoms with Crippen molar-refractivity contribution in [3.05, 3.63) is 30.5 Å². The van der Waals surface area contributed by atoms with E-state index in [1.54, 1.807) is 0 Å². The quantitative estimate of drug-likeness (QED) is 0.638. The van der Waals surface area contributed by atoms with E-state index in [0.717, 1.165) is 27.9 Å². The molecule has 0 saturated carbocycles. The van der Waals surface area contributed by atoms with Gasteiger partial charge in [0.15, 0.2) is 0 Å². The smallest absolute Gasteiger partial charge is 0.205 e. The van der Waals surface area contributed by atoms with E-state index < -0.39 is 0 Å². The Kier molecular flexibility index (Phi) is 2.04. The molecule has 3 rings (SSSR count). The monoisotopic (exact) mass is 226 g/mol. The van der Waals surface area contributed by atoms with E-state index in [2.05, 4.69) is 20.6 Å². The summed E-state index contributed by atoms with van der Waals surface area (Å²) in [5.74, 6) is 0.955. The van der Waals surface area contributed by atoms with Crippen LogP contribution in [0.3, 0.4) is 0 Å². The highest BCUT2D eigenvalue weighted by Gasteiger charge is 2.11. The Labute approximate surface area is 99.5 Å². The van der Waals surface area contributed by atoms with Crippen molar-refractivity contribution in [3.8, 4) is 0 Å². The number of anilines is 1. The van der Waals surface area contributed by atoms with E-state index >= 15 is 0 Å². The van der Waals surface area contributed by atoms with E-state index in [1.807, 2.05) is 50.4 Å². The van der Waals surface area contributed by atoms with Crippen molar-refractivity contribution >= 4 is 27.9 Å². The number of pyridine rings is 1. The van der Waals surface area contributed by atoms with E-state index in [1.165, 1.54) is 0 Å². The molecular formula is C13H14N4. The third-order valence-corrected chi connectivity index (χ3v) is 2.99. The Bertz CT molecular complexity index is 697. The normalized spacial score (nSPS) is 11.2. The molecular weight excluding hydrogens is 212 g/mol. The number of nitrogens with zero attached hydrogens (tertiary/aromatic N) is 4. The number of fused-ring (bicyclic) bond motifs is 3. The standard InChI is InChI=1S/C13H14N4/c1-16(2)13-15-11-7-6-10-9(5-4-8-14-10)12(11)17(13)3/h4-8H,1-3H3. The van der Waals surface area contributed by atoms with Gasteiger partial charge in [-0.25, -0.2) is 4.98 Å². The van der Waals surface area contributed by atoms with Crippen LogP contribution < -0.4 is 4.90 Å². The Balaban J connectivity index is 2.49. The molecule has 0 spiro atoms. The van der Waals surface area contributed by atoms with Crippen LogP contribution >= 0.6 is 0 Å². The molecule has 86 valence electrons. The highest BCUT2D eigenvalue weighted by atomic mass is 15.3. The molecule has 0 saturated heterocycles. The van der Waals surface area contributed by atoms with Crippen molar-refractivity contribution in [1.82, 2.24) is 14.5 Å². The molecule has 0 bridgehead atoms. The molecule has 0 atom stereocenters. The van der Waals surface area contributed by atoms with Gasteiger partial charge in [0.05, 0.1) is 16.6 Å². The summed E-state index contributed by atoms with van der Waals surface area (Å²) < 4.78 is 2.11. The number of benzene rings is 1. The average Bonchev–Trinajstić information content (AvgIpc) is 2.67. The molecule has 1 aromatic carbocycles. The number of aromatic nitrogens is 3. The van der Waals surface area contributed by atoms with E-state index in [-0.39, 0.29) is 0 Å². The maximum Gasteiger partial charge on any atom is 0.205 e. The van der Waals surface area contributed by atoms with Crippen molar-refractivity contribution in [1.29, 1.82) is 0 Å². The third kappa shape index (κ3) is 1.37. The van der Waals surface area contributed by atoms with Crippen LogP contribution in [0.1, 0.15) is 0 Å². The lowest BCUT2D eigenvalue weighted by atomic mass is 10.2. The van der Waals surface area contributed by atoms with Crippen molar-refractivity contribution in [2.45, 2.75) is 0 Å². The minimum Gasteiger partial charge on any atom is -0.348 e. The summed E-state index contributed by atoms with van der Waals surface area (Å²) in [5.41, 5.74) is 3.16. The summed E-state index contributed by atoms with van der Waals surface area (Å²) in [6, 6.07) is 8.09. The number of hydrogen-bond donors (Lipinski definition) is 0. The van der Waals surface area contributed by atoms with Gasteiger partial charge >= 0.3 is 0 Å². The third-order valence-electron chi connectivity index (χ3n) is 2.99. The summed E-state index contributed by atoms with van der Waals surface area (Å²) in [7, 11) is 6.04. The van der Waals surface area contributed by atoms with Crippen LogP contribution in [0.2, 0.25) is 0 Å². The van der Waals surface area contributed by atoms with Gasteiger partial charge < -0.3 is 9.47 Å². The molecule has 0 amide bonds. The Morgan fingerprint density at radius 2 is 1.88 bits per heavy atom. The first kappa shape index (κ1) is 10.1. The van der Waals surface area contributed by atoms with Crippen LogP contribution in [0.15, 0.2) is 30.5 Å². The fourth-order valence-corrected chi connectivity index (χ4v) is 2.25. The number of hydrogen-bond acceptors (Lipinski definition) is 3. The summed E-state index contributed by atoms with van der Waals surface area (Å²) >= 11 is 0. The molecule has 0 radical (unpaired) electrons. The molecule has 0 unspecified atom stereocenters. The molecule has 0 N–H and O–H groups in total. The van der Waals surface area contributed by atoms with Crippen molar-refractivity contribution < 1.29 is 0 Å². The van der Waals surface area contributed by atoms with Crippen LogP contribution in [-0.4, -0.2) is 28.6 Å². The first-order valence-corrected chi connectivity index (χ1v) is 5.56. The molecule has 3 aromatic rings. The van der Waals surface area contributed by atoms with Gasteiger partial charge in [0.1, 0.15) is 0 Å². The molecule has 4 heteroatoms. The molecule has 17 heavy (non-hydrogen) atoms. The van der Waals surface area contributed by atoms with Gasteiger partial charge in [-0.15, -0.1) is 0 Å². The van der Waals surface area contributed by atoms with Crippen LogP contribution in [0.4, 0.5) is 5.95 Å². The van der Waals surface area contributed by atoms with Crippen molar-refractivity contribution in [3.63, 3.8) is 0 Å². The number of imidazole rings is 1. The zero-order valence-corrected chi connectivity index (χ0v) is 10.2. The van der Waals surface area contributed by atoms with Gasteiger partial charge in [-0.2, -0.15) is 0 Å². The first-order valence-electron chi connectivity index (χ1n) is 5.56. The van der Waals surface area contributed by atoms with Gasteiger partial charge in [0.25, 0.3) is 0 Å². The van der Waals surface area contributed by atoms with Crippen LogP contribution in [0, 0.1) is 0 Å². The number of rotatable bonds is 1. The van der Waals surface area contributed by atoms with Crippen LogP contribution in [0.25, 0.3) is 21.9 Å². The second kappa shape index (κ2) is 3.45. The van der Waals surface area contributed by atoms with Crippen molar-refractivity contribution in [2.24, 2.45) is 7.05 Å². The zero-order valence-electron chi connectivity index (χ0n) is 10.2. The predicted octanol–water partition coefficient (Wildman–Crippen LogP) is 2.19. The fourth-order valence-electron chi connectivity index (χ4n) is 2.25. The SMILES string of the molecule is CN(C)c1nc2ccc3ncccc3c2n1C. The van der Waals surface area contributed by atoms with E-state index in [0.29, 0.717) is 0 Å². The number of aryl methyl sites for hydroxylation is 1. The average molecular weight is 226 g/mol. The van der Waals surface area contributed by atoms with Crippen LogP contribution in [-0.2, 0) is 7.05 Å². The topological polar surface area (TPSA) is 34.0 Å². The molecule has 4 nitrogen and oxygen atoms in total. The maximum absolute atomic E-state index is 4.62. The lowest BCUT2D eigenvalue weighted by molar-refractivity contribution is 0.892. The van der Waals surface area contributed by atoms with Crippen molar-refractivity contribution in [2.75, 3.05) is 19.0 Å². The van der Waals surface area contributed by atoms with E-state index in [9.17, 15) is 0 Å². The minimum atomic E-state index is 0.955. The van der Waals surface area contributed by atoms with Gasteiger partial charge in [-0.1, -0.05) is 0 Å². The zero-order chi connectivity index (χ0) is 12.0. The van der Waals surface area contributed by atoms with Gasteiger partial charge in [-0.3, -0.25) is 4.98 Å². The van der Waals surface area contributed by atoms with Gasteiger partial charge in [0, 0.05) is 32.7 Å². The largest absolute Gasteiger partial charge is 0.348 e. The lowest BCUT2D eigenvalue weighted by Gasteiger charge is -2.11. The lowest BCUT2D eigenvalue weighted by Crippen LogP contribution is -2.13. The second-order valence-electron chi connectivity index (χ2n) is 4.37. The van der Waals surface area contributed by atoms with Gasteiger partial charge in [0.2, 0.25) is 5.95 Å². The molecule has 0 aliphatic carbocycles. The minimum absolute atomic E-state index is 0.955. The summed E-state index contributed by atoms with van der Waals surface area (Å²) in [4.78, 5) is 11.0. The van der Waals surface area contributed by atoms with E-state index in [4.69, 9.17) is 0 Å². The highest BCUT2D eigenvalue weighted by Crippen LogP contribution is 2.26. The molecule has 2 heterocycles. The fraction of sp³-hybridized carbons (Fsp3) is 0.231. The molecule has 0 fully saturated rings. The Hall–Kier alpha value is -2.10. The summed E-state index contributed by atoms with van der Waals surface area (Å²) in [6.45, 7) is 0. The Morgan fingerprint density at radius 1 is 1.12 bits per heavy atom. The first-order chi connectivity index (χ1) is 8.18. The Morgan fingerprint density at radius 3 is 2.65 bits per heavy atom. The maximum atomic E-state index is 4.62. The summed E-state index contributed by atoms with van der Waals surface area (Å²) in [6.07, 6.45) is 1.82. The molecule has 0 aliphatic heterocycles. The molecule has 0 aliphatic rings.